The van der Waals surface area contributed by atoms with Crippen LogP contribution in [0.1, 0.15) is 33.5 Å². The van der Waals surface area contributed by atoms with Crippen molar-refractivity contribution in [1.82, 2.24) is 15.0 Å². The Bertz CT molecular complexity index is 736. The third kappa shape index (κ3) is 3.27. The van der Waals surface area contributed by atoms with Crippen LogP contribution in [0.3, 0.4) is 0 Å². The molecule has 0 fully saturated rings. The number of hydrogen-bond acceptors (Lipinski definition) is 7. The fraction of sp³-hybridized carbons (Fsp3) is 0.385. The van der Waals surface area contributed by atoms with E-state index in [-0.39, 0.29) is 5.56 Å². The minimum absolute atomic E-state index is 0.205. The van der Waals surface area contributed by atoms with Crippen LogP contribution in [0.25, 0.3) is 0 Å². The molecule has 2 heterocycles. The van der Waals surface area contributed by atoms with Crippen molar-refractivity contribution in [2.24, 2.45) is 0 Å². The zero-order chi connectivity index (χ0) is 15.6. The Balaban J connectivity index is 2.27. The fourth-order valence-corrected chi connectivity index (χ4v) is 2.50. The van der Waals surface area contributed by atoms with Gasteiger partial charge in [0.05, 0.1) is 12.3 Å². The zero-order valence-electron chi connectivity index (χ0n) is 12.2. The number of carbonyl (C=O) groups is 1. The average Bonchev–Trinajstić information content (AvgIpc) is 2.77. The van der Waals surface area contributed by atoms with Crippen LogP contribution in [-0.4, -0.2) is 27.5 Å². The summed E-state index contributed by atoms with van der Waals surface area (Å²) in [5, 5.41) is 3.38. The molecule has 112 valence electrons. The minimum atomic E-state index is -0.401. The first kappa shape index (κ1) is 15.2. The van der Waals surface area contributed by atoms with E-state index in [9.17, 15) is 9.59 Å². The van der Waals surface area contributed by atoms with Gasteiger partial charge in [-0.05, 0) is 27.7 Å². The van der Waals surface area contributed by atoms with Crippen LogP contribution in [0.15, 0.2) is 4.79 Å². The van der Waals surface area contributed by atoms with E-state index in [1.165, 1.54) is 0 Å². The van der Waals surface area contributed by atoms with E-state index in [1.54, 1.807) is 27.7 Å². The van der Waals surface area contributed by atoms with Crippen molar-refractivity contribution in [2.45, 2.75) is 27.7 Å². The smallest absolute Gasteiger partial charge is 0.350 e. The third-order valence-corrected chi connectivity index (χ3v) is 3.93. The molecular formula is C13H16N4O3S. The third-order valence-electron chi connectivity index (χ3n) is 2.88. The summed E-state index contributed by atoms with van der Waals surface area (Å²) in [7, 11) is 0. The van der Waals surface area contributed by atoms with Gasteiger partial charge in [0.15, 0.2) is 5.13 Å². The van der Waals surface area contributed by atoms with Gasteiger partial charge in [0.1, 0.15) is 4.88 Å². The number of nitrogens with zero attached hydrogens (tertiary/aromatic N) is 2. The largest absolute Gasteiger partial charge is 0.462 e. The van der Waals surface area contributed by atoms with Gasteiger partial charge in [-0.15, -0.1) is 0 Å². The van der Waals surface area contributed by atoms with Gasteiger partial charge in [-0.2, -0.15) is 0 Å². The van der Waals surface area contributed by atoms with Gasteiger partial charge >= 0.3 is 5.97 Å². The Morgan fingerprint density at radius 3 is 2.62 bits per heavy atom. The quantitative estimate of drug-likeness (QED) is 0.839. The first-order valence-electron chi connectivity index (χ1n) is 6.41. The number of aryl methyl sites for hydroxylation is 2. The van der Waals surface area contributed by atoms with Crippen molar-refractivity contribution < 1.29 is 9.53 Å². The van der Waals surface area contributed by atoms with Crippen LogP contribution >= 0.6 is 11.3 Å². The number of aromatic amines is 1. The Morgan fingerprint density at radius 1 is 1.29 bits per heavy atom. The Kier molecular flexibility index (Phi) is 4.37. The number of carbonyl (C=O) groups excluding carboxylic acids is 1. The summed E-state index contributed by atoms with van der Waals surface area (Å²) < 4.78 is 4.96. The molecule has 0 saturated heterocycles. The van der Waals surface area contributed by atoms with Gasteiger partial charge in [-0.3, -0.25) is 9.78 Å². The van der Waals surface area contributed by atoms with Crippen LogP contribution in [0, 0.1) is 20.8 Å². The highest BCUT2D eigenvalue weighted by Gasteiger charge is 2.17. The molecule has 0 aliphatic carbocycles. The summed E-state index contributed by atoms with van der Waals surface area (Å²) in [5.41, 5.74) is 1.58. The molecule has 0 aliphatic rings. The molecule has 0 atom stereocenters. The summed E-state index contributed by atoms with van der Waals surface area (Å²) in [4.78, 5) is 34.9. The summed E-state index contributed by atoms with van der Waals surface area (Å²) >= 11 is 1.16. The molecule has 0 radical (unpaired) electrons. The molecule has 0 aliphatic heterocycles. The molecule has 0 amide bonds. The molecule has 2 rings (SSSR count). The summed E-state index contributed by atoms with van der Waals surface area (Å²) in [6.07, 6.45) is 0. The summed E-state index contributed by atoms with van der Waals surface area (Å²) in [6, 6.07) is 0. The normalized spacial score (nSPS) is 10.5. The monoisotopic (exact) mass is 308 g/mol. The topological polar surface area (TPSA) is 97.0 Å². The molecule has 7 nitrogen and oxygen atoms in total. The van der Waals surface area contributed by atoms with Gasteiger partial charge in [-0.25, -0.2) is 14.8 Å². The van der Waals surface area contributed by atoms with Gasteiger partial charge in [0, 0.05) is 11.3 Å². The molecule has 2 aromatic heterocycles. The lowest BCUT2D eigenvalue weighted by atomic mass is 10.3. The van der Waals surface area contributed by atoms with Gasteiger partial charge < -0.3 is 10.1 Å². The standard InChI is InChI=1S/C13H16N4O3S/c1-5-20-11(19)9-8(4)15-13(21-9)17-12-14-7(3)6(2)10(18)16-12/h5H2,1-4H3,(H2,14,15,16,17,18). The SMILES string of the molecule is CCOC(=O)c1sc(Nc2nc(C)c(C)c(=O)[nH]2)nc1C. The van der Waals surface area contributed by atoms with Crippen molar-refractivity contribution in [1.29, 1.82) is 0 Å². The van der Waals surface area contributed by atoms with E-state index in [2.05, 4.69) is 20.3 Å². The van der Waals surface area contributed by atoms with E-state index in [4.69, 9.17) is 4.74 Å². The predicted octanol–water partition coefficient (Wildman–Crippen LogP) is 2.07. The van der Waals surface area contributed by atoms with E-state index in [0.29, 0.717) is 39.5 Å². The Morgan fingerprint density at radius 2 is 2.00 bits per heavy atom. The molecule has 0 aromatic carbocycles. The number of aromatic nitrogens is 3. The zero-order valence-corrected chi connectivity index (χ0v) is 13.1. The second-order valence-corrected chi connectivity index (χ2v) is 5.40. The number of anilines is 2. The number of nitrogens with one attached hydrogen (secondary N) is 2. The van der Waals surface area contributed by atoms with E-state index >= 15 is 0 Å². The number of hydrogen-bond donors (Lipinski definition) is 2. The lowest BCUT2D eigenvalue weighted by Gasteiger charge is -2.04. The number of rotatable bonds is 4. The minimum Gasteiger partial charge on any atom is -0.462 e. The highest BCUT2D eigenvalue weighted by atomic mass is 32.1. The number of H-pyrrole nitrogens is 1. The van der Waals surface area contributed by atoms with E-state index in [1.807, 2.05) is 0 Å². The molecule has 2 aromatic rings. The maximum atomic E-state index is 11.7. The molecule has 0 unspecified atom stereocenters. The highest BCUT2D eigenvalue weighted by molar-refractivity contribution is 7.17. The van der Waals surface area contributed by atoms with Crippen LogP contribution in [-0.2, 0) is 4.74 Å². The van der Waals surface area contributed by atoms with Crippen molar-refractivity contribution in [3.8, 4) is 0 Å². The number of esters is 1. The average molecular weight is 308 g/mol. The van der Waals surface area contributed by atoms with Gasteiger partial charge in [0.2, 0.25) is 5.95 Å². The molecule has 0 spiro atoms. The van der Waals surface area contributed by atoms with Crippen molar-refractivity contribution in [2.75, 3.05) is 11.9 Å². The lowest BCUT2D eigenvalue weighted by Crippen LogP contribution is -2.15. The van der Waals surface area contributed by atoms with Crippen molar-refractivity contribution in [3.63, 3.8) is 0 Å². The predicted molar refractivity (Wildman–Crippen MR) is 80.4 cm³/mol. The van der Waals surface area contributed by atoms with Crippen LogP contribution in [0.5, 0.6) is 0 Å². The molecule has 21 heavy (non-hydrogen) atoms. The first-order valence-corrected chi connectivity index (χ1v) is 7.23. The molecular weight excluding hydrogens is 292 g/mol. The van der Waals surface area contributed by atoms with E-state index < -0.39 is 5.97 Å². The number of ether oxygens (including phenoxy) is 1. The van der Waals surface area contributed by atoms with Crippen LogP contribution < -0.4 is 10.9 Å². The summed E-state index contributed by atoms with van der Waals surface area (Å²) in [5.74, 6) is -0.102. The molecule has 0 bridgehead atoms. The highest BCUT2D eigenvalue weighted by Crippen LogP contribution is 2.25. The van der Waals surface area contributed by atoms with Crippen molar-refractivity contribution in [3.05, 3.63) is 32.2 Å². The van der Waals surface area contributed by atoms with Crippen molar-refractivity contribution >= 4 is 28.4 Å². The van der Waals surface area contributed by atoms with Gasteiger partial charge in [-0.1, -0.05) is 11.3 Å². The second-order valence-electron chi connectivity index (χ2n) is 4.40. The second kappa shape index (κ2) is 6.04. The Hall–Kier alpha value is -2.22. The van der Waals surface area contributed by atoms with E-state index in [0.717, 1.165) is 11.3 Å². The van der Waals surface area contributed by atoms with Crippen LogP contribution in [0.4, 0.5) is 11.1 Å². The summed E-state index contributed by atoms with van der Waals surface area (Å²) in [6.45, 7) is 7.25. The lowest BCUT2D eigenvalue weighted by molar-refractivity contribution is 0.0531. The molecule has 0 saturated carbocycles. The number of thiazole rings is 1. The van der Waals surface area contributed by atoms with Crippen LogP contribution in [0.2, 0.25) is 0 Å². The molecule has 8 heteroatoms. The Labute approximate surface area is 125 Å². The maximum Gasteiger partial charge on any atom is 0.350 e. The maximum absolute atomic E-state index is 11.7. The molecule has 2 N–H and O–H groups in total. The fourth-order valence-electron chi connectivity index (χ4n) is 1.64. The first-order chi connectivity index (χ1) is 9.92. The van der Waals surface area contributed by atoms with Gasteiger partial charge in [0.25, 0.3) is 5.56 Å².